The third kappa shape index (κ3) is 6.47. The van der Waals surface area contributed by atoms with E-state index in [9.17, 15) is 9.59 Å². The first-order valence-electron chi connectivity index (χ1n) is 5.89. The topological polar surface area (TPSA) is 61.4 Å². The van der Waals surface area contributed by atoms with E-state index in [-0.39, 0.29) is 30.3 Å². The third-order valence-electron chi connectivity index (χ3n) is 2.80. The lowest BCUT2D eigenvalue weighted by Crippen LogP contribution is -2.42. The summed E-state index contributed by atoms with van der Waals surface area (Å²) >= 11 is 1.88. The van der Waals surface area contributed by atoms with Crippen LogP contribution in [-0.4, -0.2) is 61.4 Å². The minimum Gasteiger partial charge on any atom is -0.359 e. The summed E-state index contributed by atoms with van der Waals surface area (Å²) in [5.74, 6) is 2.19. The van der Waals surface area contributed by atoms with Crippen LogP contribution >= 0.6 is 24.2 Å². The Morgan fingerprint density at radius 2 is 2.22 bits per heavy atom. The Balaban J connectivity index is 0.00000289. The van der Waals surface area contributed by atoms with Gasteiger partial charge < -0.3 is 15.5 Å². The molecule has 106 valence electrons. The van der Waals surface area contributed by atoms with Crippen LogP contribution < -0.4 is 10.6 Å². The second kappa shape index (κ2) is 9.47. The van der Waals surface area contributed by atoms with Crippen LogP contribution in [0.2, 0.25) is 0 Å². The predicted octanol–water partition coefficient (Wildman–Crippen LogP) is 0.0978. The zero-order valence-electron chi connectivity index (χ0n) is 10.9. The molecule has 2 amide bonds. The third-order valence-corrected chi connectivity index (χ3v) is 3.93. The van der Waals surface area contributed by atoms with Crippen molar-refractivity contribution < 1.29 is 9.59 Å². The van der Waals surface area contributed by atoms with Gasteiger partial charge in [0.25, 0.3) is 0 Å². The predicted molar refractivity (Wildman–Crippen MR) is 77.3 cm³/mol. The molecule has 18 heavy (non-hydrogen) atoms. The van der Waals surface area contributed by atoms with Crippen molar-refractivity contribution in [2.45, 2.75) is 18.9 Å². The van der Waals surface area contributed by atoms with Gasteiger partial charge in [0.1, 0.15) is 0 Å². The molecule has 1 atom stereocenters. The van der Waals surface area contributed by atoms with Crippen LogP contribution in [0.5, 0.6) is 0 Å². The smallest absolute Gasteiger partial charge is 0.223 e. The standard InChI is InChI=1S/C11H21N3O2S.ClH/c1-12-10(15)3-5-14(2)11(16)7-9-8-17-6-4-13-9;/h9,13H,3-8H2,1-2H3,(H,12,15);1H. The summed E-state index contributed by atoms with van der Waals surface area (Å²) in [5.41, 5.74) is 0. The van der Waals surface area contributed by atoms with Crippen LogP contribution in [-0.2, 0) is 9.59 Å². The molecule has 0 aromatic carbocycles. The van der Waals surface area contributed by atoms with E-state index in [0.717, 1.165) is 18.1 Å². The van der Waals surface area contributed by atoms with E-state index in [4.69, 9.17) is 0 Å². The molecule has 0 aliphatic carbocycles. The molecule has 0 radical (unpaired) electrons. The molecule has 0 aromatic rings. The van der Waals surface area contributed by atoms with Crippen LogP contribution in [0.25, 0.3) is 0 Å². The molecular weight excluding hydrogens is 274 g/mol. The average Bonchev–Trinajstić information content (AvgIpc) is 2.36. The van der Waals surface area contributed by atoms with Crippen molar-refractivity contribution in [2.24, 2.45) is 0 Å². The summed E-state index contributed by atoms with van der Waals surface area (Å²) in [5, 5.41) is 5.88. The number of amides is 2. The van der Waals surface area contributed by atoms with Gasteiger partial charge in [0.15, 0.2) is 0 Å². The van der Waals surface area contributed by atoms with Gasteiger partial charge in [-0.15, -0.1) is 12.4 Å². The number of nitrogens with one attached hydrogen (secondary N) is 2. The van der Waals surface area contributed by atoms with E-state index in [1.807, 2.05) is 11.8 Å². The van der Waals surface area contributed by atoms with Crippen LogP contribution in [0.3, 0.4) is 0 Å². The maximum absolute atomic E-state index is 11.9. The fourth-order valence-electron chi connectivity index (χ4n) is 1.64. The summed E-state index contributed by atoms with van der Waals surface area (Å²) < 4.78 is 0. The molecule has 1 heterocycles. The molecule has 0 aromatic heterocycles. The normalized spacial score (nSPS) is 18.7. The van der Waals surface area contributed by atoms with Gasteiger partial charge in [-0.1, -0.05) is 0 Å². The second-order valence-electron chi connectivity index (χ2n) is 4.17. The summed E-state index contributed by atoms with van der Waals surface area (Å²) in [6.45, 7) is 1.46. The highest BCUT2D eigenvalue weighted by Gasteiger charge is 2.19. The van der Waals surface area contributed by atoms with Gasteiger partial charge in [0.05, 0.1) is 0 Å². The highest BCUT2D eigenvalue weighted by Crippen LogP contribution is 2.11. The first-order chi connectivity index (χ1) is 8.13. The van der Waals surface area contributed by atoms with E-state index < -0.39 is 0 Å². The molecule has 1 fully saturated rings. The van der Waals surface area contributed by atoms with Gasteiger partial charge in [-0.25, -0.2) is 0 Å². The van der Waals surface area contributed by atoms with Crippen molar-refractivity contribution in [3.63, 3.8) is 0 Å². The molecule has 2 N–H and O–H groups in total. The van der Waals surface area contributed by atoms with Crippen molar-refractivity contribution in [1.29, 1.82) is 0 Å². The lowest BCUT2D eigenvalue weighted by molar-refractivity contribution is -0.130. The van der Waals surface area contributed by atoms with E-state index >= 15 is 0 Å². The Labute approximate surface area is 119 Å². The summed E-state index contributed by atoms with van der Waals surface area (Å²) in [6.07, 6.45) is 0.892. The Hall–Kier alpha value is -0.460. The SMILES string of the molecule is CNC(=O)CCN(C)C(=O)CC1CSCCN1.Cl. The van der Waals surface area contributed by atoms with Crippen LogP contribution in [0, 0.1) is 0 Å². The summed E-state index contributed by atoms with van der Waals surface area (Å²) in [7, 11) is 3.36. The number of hydrogen-bond donors (Lipinski definition) is 2. The van der Waals surface area contributed by atoms with Crippen molar-refractivity contribution >= 4 is 36.0 Å². The highest BCUT2D eigenvalue weighted by atomic mass is 35.5. The number of hydrogen-bond acceptors (Lipinski definition) is 4. The zero-order chi connectivity index (χ0) is 12.7. The van der Waals surface area contributed by atoms with Crippen molar-refractivity contribution in [3.05, 3.63) is 0 Å². The Bertz CT molecular complexity index is 273. The van der Waals surface area contributed by atoms with Gasteiger partial charge in [-0.3, -0.25) is 9.59 Å². The van der Waals surface area contributed by atoms with Gasteiger partial charge in [0, 0.05) is 57.6 Å². The molecule has 1 rings (SSSR count). The summed E-state index contributed by atoms with van der Waals surface area (Å²) in [4.78, 5) is 24.6. The summed E-state index contributed by atoms with van der Waals surface area (Å²) in [6, 6.07) is 0.281. The van der Waals surface area contributed by atoms with Crippen LogP contribution in [0.1, 0.15) is 12.8 Å². The van der Waals surface area contributed by atoms with Gasteiger partial charge in [-0.2, -0.15) is 11.8 Å². The lowest BCUT2D eigenvalue weighted by Gasteiger charge is -2.25. The largest absolute Gasteiger partial charge is 0.359 e. The Morgan fingerprint density at radius 3 is 2.78 bits per heavy atom. The molecule has 0 saturated carbocycles. The number of carbonyl (C=O) groups is 2. The molecule has 5 nitrogen and oxygen atoms in total. The number of carbonyl (C=O) groups excluding carboxylic acids is 2. The minimum absolute atomic E-state index is 0. The number of thioether (sulfide) groups is 1. The van der Waals surface area contributed by atoms with Crippen LogP contribution in [0.4, 0.5) is 0 Å². The monoisotopic (exact) mass is 295 g/mol. The average molecular weight is 296 g/mol. The van der Waals surface area contributed by atoms with Gasteiger partial charge >= 0.3 is 0 Å². The highest BCUT2D eigenvalue weighted by molar-refractivity contribution is 7.99. The van der Waals surface area contributed by atoms with Gasteiger partial charge in [-0.05, 0) is 0 Å². The van der Waals surface area contributed by atoms with Crippen LogP contribution in [0.15, 0.2) is 0 Å². The molecule has 0 spiro atoms. The molecule has 1 aliphatic heterocycles. The fourth-order valence-corrected chi connectivity index (χ4v) is 2.59. The van der Waals surface area contributed by atoms with E-state index in [1.54, 1.807) is 19.0 Å². The fraction of sp³-hybridized carbons (Fsp3) is 0.818. The number of nitrogens with zero attached hydrogens (tertiary/aromatic N) is 1. The first-order valence-corrected chi connectivity index (χ1v) is 7.04. The van der Waals surface area contributed by atoms with E-state index in [1.165, 1.54) is 0 Å². The maximum Gasteiger partial charge on any atom is 0.223 e. The molecular formula is C11H22ClN3O2S. The lowest BCUT2D eigenvalue weighted by atomic mass is 10.2. The van der Waals surface area contributed by atoms with E-state index in [2.05, 4.69) is 10.6 Å². The Kier molecular flexibility index (Phi) is 9.23. The number of rotatable bonds is 5. The second-order valence-corrected chi connectivity index (χ2v) is 5.32. The molecule has 1 aliphatic rings. The minimum atomic E-state index is -0.0315. The zero-order valence-corrected chi connectivity index (χ0v) is 12.5. The van der Waals surface area contributed by atoms with Crippen molar-refractivity contribution in [2.75, 3.05) is 38.7 Å². The number of halogens is 1. The molecule has 1 unspecified atom stereocenters. The quantitative estimate of drug-likeness (QED) is 0.755. The van der Waals surface area contributed by atoms with Gasteiger partial charge in [0.2, 0.25) is 11.8 Å². The maximum atomic E-state index is 11.9. The van der Waals surface area contributed by atoms with Crippen molar-refractivity contribution in [1.82, 2.24) is 15.5 Å². The van der Waals surface area contributed by atoms with E-state index in [0.29, 0.717) is 19.4 Å². The molecule has 0 bridgehead atoms. The Morgan fingerprint density at radius 1 is 1.50 bits per heavy atom. The van der Waals surface area contributed by atoms with Crippen molar-refractivity contribution in [3.8, 4) is 0 Å². The molecule has 7 heteroatoms. The molecule has 1 saturated heterocycles. The first kappa shape index (κ1) is 17.5.